The zero-order valence-electron chi connectivity index (χ0n) is 25.5. The van der Waals surface area contributed by atoms with Crippen molar-refractivity contribution in [3.63, 3.8) is 0 Å². The lowest BCUT2D eigenvalue weighted by atomic mass is 9.65. The highest BCUT2D eigenvalue weighted by atomic mass is 16.6. The van der Waals surface area contributed by atoms with E-state index in [4.69, 9.17) is 14.2 Å². The third-order valence-electron chi connectivity index (χ3n) is 9.27. The maximum atomic E-state index is 13.0. The normalized spacial score (nSPS) is 19.5. The lowest BCUT2D eigenvalue weighted by Gasteiger charge is -2.52. The monoisotopic (exact) mass is 582 g/mol. The Labute approximate surface area is 253 Å². The Bertz CT molecular complexity index is 1570. The first kappa shape index (κ1) is 28.0. The number of nitrogens with zero attached hydrogens (tertiary/aromatic N) is 3. The number of nitrogens with one attached hydrogen (secondary N) is 1. The van der Waals surface area contributed by atoms with Gasteiger partial charge in [-0.05, 0) is 81.5 Å². The largest absolute Gasteiger partial charge is 0.488 e. The van der Waals surface area contributed by atoms with Crippen molar-refractivity contribution in [1.82, 2.24) is 19.8 Å². The molecule has 3 aromatic rings. The second-order valence-corrected chi connectivity index (χ2v) is 14.0. The molecule has 1 spiro atoms. The Hall–Kier alpha value is -3.78. The van der Waals surface area contributed by atoms with Crippen LogP contribution in [0.15, 0.2) is 49.4 Å². The van der Waals surface area contributed by atoms with E-state index in [1.54, 1.807) is 0 Å². The van der Waals surface area contributed by atoms with Crippen molar-refractivity contribution in [2.24, 2.45) is 11.3 Å². The minimum Gasteiger partial charge on any atom is -0.488 e. The predicted octanol–water partition coefficient (Wildman–Crippen LogP) is 7.12. The first-order valence-electron chi connectivity index (χ1n) is 15.6. The number of carbonyl (C=O) groups excluding carboxylic acids is 1. The summed E-state index contributed by atoms with van der Waals surface area (Å²) in [6.45, 7) is 13.8. The Morgan fingerprint density at radius 2 is 2.02 bits per heavy atom. The van der Waals surface area contributed by atoms with Crippen LogP contribution < -0.4 is 4.74 Å². The van der Waals surface area contributed by atoms with Crippen LogP contribution in [0.1, 0.15) is 75.3 Å². The number of ether oxygens (including phenoxy) is 3. The maximum absolute atomic E-state index is 13.0. The highest BCUT2D eigenvalue weighted by molar-refractivity contribution is 5.82. The summed E-state index contributed by atoms with van der Waals surface area (Å²) in [4.78, 5) is 25.1. The van der Waals surface area contributed by atoms with Gasteiger partial charge in [0.1, 0.15) is 17.5 Å². The molecule has 8 nitrogen and oxygen atoms in total. The molecule has 4 aliphatic rings. The van der Waals surface area contributed by atoms with Crippen molar-refractivity contribution in [3.05, 3.63) is 71.8 Å². The average Bonchev–Trinajstić information content (AvgIpc) is 3.28. The summed E-state index contributed by atoms with van der Waals surface area (Å²) in [6.07, 6.45) is 13.6. The molecule has 2 aromatic heterocycles. The second-order valence-electron chi connectivity index (χ2n) is 14.0. The van der Waals surface area contributed by atoms with Gasteiger partial charge in [-0.15, -0.1) is 0 Å². The fourth-order valence-electron chi connectivity index (χ4n) is 6.64. The third-order valence-corrected chi connectivity index (χ3v) is 9.27. The van der Waals surface area contributed by atoms with Gasteiger partial charge in [-0.3, -0.25) is 4.98 Å². The molecule has 2 aliphatic carbocycles. The van der Waals surface area contributed by atoms with E-state index >= 15 is 0 Å². The molecule has 0 unspecified atom stereocenters. The number of rotatable bonds is 8. The van der Waals surface area contributed by atoms with Crippen LogP contribution in [0.2, 0.25) is 0 Å². The topological polar surface area (TPSA) is 79.9 Å². The van der Waals surface area contributed by atoms with E-state index in [2.05, 4.69) is 58.0 Å². The molecule has 1 N–H and O–H groups in total. The highest BCUT2D eigenvalue weighted by Gasteiger charge is 2.51. The Kier molecular flexibility index (Phi) is 7.00. The molecule has 1 saturated heterocycles. The van der Waals surface area contributed by atoms with Gasteiger partial charge in [-0.2, -0.15) is 0 Å². The van der Waals surface area contributed by atoms with E-state index < -0.39 is 5.60 Å². The molecule has 3 fully saturated rings. The Balaban J connectivity index is 1.03. The zero-order valence-corrected chi connectivity index (χ0v) is 25.5. The van der Waals surface area contributed by atoms with Crippen LogP contribution in [-0.2, 0) is 22.6 Å². The molecule has 0 atom stereocenters. The molecule has 226 valence electrons. The van der Waals surface area contributed by atoms with Gasteiger partial charge in [0, 0.05) is 58.9 Å². The van der Waals surface area contributed by atoms with Crippen LogP contribution in [0.4, 0.5) is 4.79 Å². The number of carbonyl (C=O) groups is 1. The molecule has 0 bridgehead atoms. The number of aromatic nitrogens is 2. The van der Waals surface area contributed by atoms with E-state index in [-0.39, 0.29) is 12.2 Å². The van der Waals surface area contributed by atoms with Crippen molar-refractivity contribution in [3.8, 4) is 5.75 Å². The highest BCUT2D eigenvalue weighted by Crippen LogP contribution is 2.49. The summed E-state index contributed by atoms with van der Waals surface area (Å²) in [7, 11) is 0. The van der Waals surface area contributed by atoms with Gasteiger partial charge in [0.25, 0.3) is 0 Å². The maximum Gasteiger partial charge on any atom is 0.410 e. The van der Waals surface area contributed by atoms with Crippen LogP contribution >= 0.6 is 0 Å². The molecule has 1 aromatic carbocycles. The first-order valence-corrected chi connectivity index (χ1v) is 15.6. The Morgan fingerprint density at radius 1 is 1.21 bits per heavy atom. The van der Waals surface area contributed by atoms with E-state index in [1.165, 1.54) is 19.3 Å². The molecule has 7 rings (SSSR count). The van der Waals surface area contributed by atoms with E-state index in [0.717, 1.165) is 77.3 Å². The van der Waals surface area contributed by atoms with Gasteiger partial charge in [0.05, 0.1) is 26.0 Å². The summed E-state index contributed by atoms with van der Waals surface area (Å²) in [6, 6.07) is 8.63. The van der Waals surface area contributed by atoms with Gasteiger partial charge in [-0.1, -0.05) is 25.1 Å². The quantitative estimate of drug-likeness (QED) is 0.305. The molecule has 0 radical (unpaired) electrons. The van der Waals surface area contributed by atoms with Crippen LogP contribution in [0.25, 0.3) is 22.7 Å². The van der Waals surface area contributed by atoms with Gasteiger partial charge < -0.3 is 29.0 Å². The van der Waals surface area contributed by atoms with Crippen molar-refractivity contribution >= 4 is 28.8 Å². The number of hydrogen-bond donors (Lipinski definition) is 1. The van der Waals surface area contributed by atoms with Crippen molar-refractivity contribution < 1.29 is 19.0 Å². The number of benzene rings is 1. The fourth-order valence-corrected chi connectivity index (χ4v) is 6.64. The van der Waals surface area contributed by atoms with Crippen molar-refractivity contribution in [2.75, 3.05) is 19.8 Å². The number of hydrogen-bond acceptors (Lipinski definition) is 6. The molecule has 43 heavy (non-hydrogen) atoms. The second kappa shape index (κ2) is 10.7. The van der Waals surface area contributed by atoms with Crippen LogP contribution in [0, 0.1) is 11.3 Å². The summed E-state index contributed by atoms with van der Waals surface area (Å²) in [5, 5.41) is 1.13. The minimum atomic E-state index is -0.520. The SMILES string of the molecule is C=C1c2cncc(OC3CC4(COC4)C3)c2C=CN1Cc1ccc2cc(CN(CC3CCC3)C(=O)OC(C)(C)C)[nH]c2c1. The number of aromatic amines is 1. The fraction of sp³-hybridized carbons (Fsp3) is 0.486. The summed E-state index contributed by atoms with van der Waals surface area (Å²) < 4.78 is 17.5. The molecule has 4 heterocycles. The minimum absolute atomic E-state index is 0.226. The standard InChI is InChI=1S/C35H42N4O4/c1-23-30-16-36-17-32(42-28-14-35(15-28)21-41-22-35)29(30)10-11-38(23)19-25-8-9-26-13-27(37-31(26)12-25)20-39(18-24-6-5-7-24)33(40)43-34(2,3)4/h8-13,16-17,24,28,37H,1,5-7,14-15,18-22H2,2-4H3. The summed E-state index contributed by atoms with van der Waals surface area (Å²) >= 11 is 0. The molecule has 1 amide bonds. The number of pyridine rings is 1. The number of amides is 1. The lowest BCUT2D eigenvalue weighted by Crippen LogP contribution is -2.56. The van der Waals surface area contributed by atoms with Gasteiger partial charge in [0.15, 0.2) is 0 Å². The average molecular weight is 583 g/mol. The molecular weight excluding hydrogens is 540 g/mol. The van der Waals surface area contributed by atoms with Crippen LogP contribution in [0.3, 0.4) is 0 Å². The van der Waals surface area contributed by atoms with Crippen molar-refractivity contribution in [1.29, 1.82) is 0 Å². The molecule has 2 saturated carbocycles. The smallest absolute Gasteiger partial charge is 0.410 e. The zero-order chi connectivity index (χ0) is 29.8. The van der Waals surface area contributed by atoms with Crippen molar-refractivity contribution in [2.45, 2.75) is 77.7 Å². The number of H-pyrrole nitrogens is 1. The summed E-state index contributed by atoms with van der Waals surface area (Å²) in [5.41, 5.74) is 6.02. The summed E-state index contributed by atoms with van der Waals surface area (Å²) in [5.74, 6) is 1.39. The van der Waals surface area contributed by atoms with Crippen LogP contribution in [0.5, 0.6) is 5.75 Å². The van der Waals surface area contributed by atoms with E-state index in [9.17, 15) is 4.79 Å². The first-order chi connectivity index (χ1) is 20.6. The molecule has 2 aliphatic heterocycles. The third kappa shape index (κ3) is 5.77. The van der Waals surface area contributed by atoms with Gasteiger partial charge in [0.2, 0.25) is 0 Å². The molecular formula is C35H42N4O4. The Morgan fingerprint density at radius 3 is 2.72 bits per heavy atom. The van der Waals surface area contributed by atoms with E-state index in [0.29, 0.717) is 24.4 Å². The van der Waals surface area contributed by atoms with Crippen LogP contribution in [-0.4, -0.2) is 57.3 Å². The van der Waals surface area contributed by atoms with E-state index in [1.807, 2.05) is 38.1 Å². The van der Waals surface area contributed by atoms with Gasteiger partial charge in [-0.25, -0.2) is 4.79 Å². The lowest BCUT2D eigenvalue weighted by molar-refractivity contribution is -0.191. The number of fused-ring (bicyclic) bond motifs is 2. The predicted molar refractivity (Wildman–Crippen MR) is 167 cm³/mol. The molecule has 8 heteroatoms. The van der Waals surface area contributed by atoms with Gasteiger partial charge >= 0.3 is 6.09 Å².